The molecule has 0 radical (unpaired) electrons. The number of amides is 3. The quantitative estimate of drug-likeness (QED) is 0.585. The molecule has 2 aromatic carbocycles. The number of urea groups is 1. The van der Waals surface area contributed by atoms with Crippen molar-refractivity contribution in [3.63, 3.8) is 0 Å². The Balaban J connectivity index is 2.01. The molecule has 1 atom stereocenters. The van der Waals surface area contributed by atoms with Crippen LogP contribution in [0.25, 0.3) is 0 Å². The molecule has 0 spiro atoms. The van der Waals surface area contributed by atoms with Crippen molar-refractivity contribution >= 4 is 17.6 Å². The minimum absolute atomic E-state index is 0.0322. The molecular weight excluding hydrogens is 428 g/mol. The van der Waals surface area contributed by atoms with Crippen molar-refractivity contribution in [3.8, 4) is 0 Å². The zero-order valence-corrected chi connectivity index (χ0v) is 15.8. The number of allylic oxidation sites excluding steroid dienone is 1. The van der Waals surface area contributed by atoms with E-state index in [0.29, 0.717) is 6.07 Å². The molecule has 0 unspecified atom stereocenters. The molecule has 1 heterocycles. The minimum Gasteiger partial charge on any atom is -0.327 e. The number of anilines is 1. The number of hydrogen-bond donors (Lipinski definition) is 3. The number of carbonyl (C=O) groups excluding carboxylic acids is 2. The van der Waals surface area contributed by atoms with Gasteiger partial charge in [0.1, 0.15) is 0 Å². The van der Waals surface area contributed by atoms with Gasteiger partial charge in [-0.3, -0.25) is 4.79 Å². The zero-order chi connectivity index (χ0) is 23.0. The van der Waals surface area contributed by atoms with Gasteiger partial charge in [0.05, 0.1) is 22.7 Å². The van der Waals surface area contributed by atoms with Gasteiger partial charge in [0.25, 0.3) is 5.91 Å². The Labute approximate surface area is 172 Å². The zero-order valence-electron chi connectivity index (χ0n) is 15.8. The molecule has 3 rings (SSSR count). The molecule has 0 aromatic heterocycles. The van der Waals surface area contributed by atoms with Crippen LogP contribution in [0.3, 0.4) is 0 Å². The predicted octanol–water partition coefficient (Wildman–Crippen LogP) is 4.99. The van der Waals surface area contributed by atoms with Crippen molar-refractivity contribution in [2.75, 3.05) is 5.32 Å². The van der Waals surface area contributed by atoms with Gasteiger partial charge in [-0.25, -0.2) is 4.79 Å². The van der Waals surface area contributed by atoms with Gasteiger partial charge in [0, 0.05) is 11.4 Å². The van der Waals surface area contributed by atoms with Crippen LogP contribution in [0.15, 0.2) is 59.8 Å². The van der Waals surface area contributed by atoms with E-state index in [9.17, 15) is 35.9 Å². The minimum atomic E-state index is -4.76. The molecule has 5 nitrogen and oxygen atoms in total. The van der Waals surface area contributed by atoms with Gasteiger partial charge in [0.15, 0.2) is 0 Å². The van der Waals surface area contributed by atoms with Crippen LogP contribution in [-0.4, -0.2) is 11.9 Å². The molecule has 2 aromatic rings. The molecule has 0 saturated carbocycles. The van der Waals surface area contributed by atoms with Crippen LogP contribution in [0.1, 0.15) is 29.7 Å². The maximum atomic E-state index is 13.5. The van der Waals surface area contributed by atoms with E-state index in [0.717, 1.165) is 30.3 Å². The lowest BCUT2D eigenvalue weighted by Gasteiger charge is -2.30. The summed E-state index contributed by atoms with van der Waals surface area (Å²) >= 11 is 0. The lowest BCUT2D eigenvalue weighted by atomic mass is 9.91. The summed E-state index contributed by atoms with van der Waals surface area (Å²) in [4.78, 5) is 24.8. The molecule has 164 valence electrons. The van der Waals surface area contributed by atoms with Gasteiger partial charge >= 0.3 is 18.4 Å². The first-order chi connectivity index (χ1) is 14.4. The second-order valence-electron chi connectivity index (χ2n) is 6.69. The number of carbonyl (C=O) groups is 2. The number of halogens is 6. The monoisotopic (exact) mass is 443 g/mol. The molecule has 0 aliphatic carbocycles. The van der Waals surface area contributed by atoms with Crippen LogP contribution in [0.2, 0.25) is 0 Å². The number of rotatable bonds is 3. The van der Waals surface area contributed by atoms with Crippen LogP contribution in [0.5, 0.6) is 0 Å². The second kappa shape index (κ2) is 7.97. The van der Waals surface area contributed by atoms with Crippen LogP contribution in [0, 0.1) is 0 Å². The van der Waals surface area contributed by atoms with Crippen molar-refractivity contribution in [3.05, 3.63) is 76.5 Å². The summed E-state index contributed by atoms with van der Waals surface area (Å²) in [5.41, 5.74) is -2.95. The summed E-state index contributed by atoms with van der Waals surface area (Å²) in [6.07, 6.45) is -9.41. The van der Waals surface area contributed by atoms with Crippen molar-refractivity contribution < 1.29 is 35.9 Å². The Kier molecular flexibility index (Phi) is 5.70. The molecule has 31 heavy (non-hydrogen) atoms. The fourth-order valence-electron chi connectivity index (χ4n) is 3.21. The van der Waals surface area contributed by atoms with E-state index in [1.54, 1.807) is 0 Å². The Bertz CT molecular complexity index is 1060. The standard InChI is InChI=1S/C20H15F6N3O2/c1-10-15(17(30)28-12-6-4-5-11(9-12)19(21,22)23)16(29-18(31)27-10)13-7-2-3-8-14(13)20(24,25)26/h2-9,16H,1H3,(H,28,30)(H2,27,29,31)/t16-/m1/s1. The summed E-state index contributed by atoms with van der Waals surface area (Å²) in [5.74, 6) is -0.966. The topological polar surface area (TPSA) is 70.2 Å². The van der Waals surface area contributed by atoms with Crippen LogP contribution >= 0.6 is 0 Å². The second-order valence-corrected chi connectivity index (χ2v) is 6.69. The van der Waals surface area contributed by atoms with Gasteiger partial charge in [-0.2, -0.15) is 26.3 Å². The fourth-order valence-corrected chi connectivity index (χ4v) is 3.21. The highest BCUT2D eigenvalue weighted by Crippen LogP contribution is 2.38. The Morgan fingerprint density at radius 2 is 1.65 bits per heavy atom. The number of nitrogens with one attached hydrogen (secondary N) is 3. The first-order valence-corrected chi connectivity index (χ1v) is 8.81. The molecule has 3 amide bonds. The van der Waals surface area contributed by atoms with E-state index < -0.39 is 41.5 Å². The van der Waals surface area contributed by atoms with Crippen molar-refractivity contribution in [2.24, 2.45) is 0 Å². The predicted molar refractivity (Wildman–Crippen MR) is 98.6 cm³/mol. The van der Waals surface area contributed by atoms with E-state index >= 15 is 0 Å². The number of alkyl halides is 6. The summed E-state index contributed by atoms with van der Waals surface area (Å²) in [6.45, 7) is 1.31. The lowest BCUT2D eigenvalue weighted by molar-refractivity contribution is -0.138. The summed E-state index contributed by atoms with van der Waals surface area (Å²) < 4.78 is 79.2. The normalized spacial score (nSPS) is 17.1. The Morgan fingerprint density at radius 3 is 2.29 bits per heavy atom. The molecule has 0 fully saturated rings. The van der Waals surface area contributed by atoms with Crippen molar-refractivity contribution in [2.45, 2.75) is 25.3 Å². The molecule has 0 bridgehead atoms. The van der Waals surface area contributed by atoms with Crippen LogP contribution in [-0.2, 0) is 17.1 Å². The summed E-state index contributed by atoms with van der Waals surface area (Å²) in [7, 11) is 0. The van der Waals surface area contributed by atoms with Crippen LogP contribution < -0.4 is 16.0 Å². The SMILES string of the molecule is CC1=C(C(=O)Nc2cccc(C(F)(F)F)c2)[C@@H](c2ccccc2C(F)(F)F)NC(=O)N1. The van der Waals surface area contributed by atoms with Crippen LogP contribution in [0.4, 0.5) is 36.8 Å². The molecule has 1 aliphatic rings. The maximum Gasteiger partial charge on any atom is 0.416 e. The molecule has 3 N–H and O–H groups in total. The Morgan fingerprint density at radius 1 is 0.968 bits per heavy atom. The largest absolute Gasteiger partial charge is 0.416 e. The third kappa shape index (κ3) is 4.81. The van der Waals surface area contributed by atoms with Gasteiger partial charge in [0.2, 0.25) is 0 Å². The van der Waals surface area contributed by atoms with E-state index in [4.69, 9.17) is 0 Å². The third-order valence-electron chi connectivity index (χ3n) is 4.54. The van der Waals surface area contributed by atoms with Crippen molar-refractivity contribution in [1.82, 2.24) is 10.6 Å². The number of hydrogen-bond acceptors (Lipinski definition) is 2. The van der Waals surface area contributed by atoms with E-state index in [2.05, 4.69) is 16.0 Å². The highest BCUT2D eigenvalue weighted by molar-refractivity contribution is 6.06. The number of benzene rings is 2. The smallest absolute Gasteiger partial charge is 0.327 e. The third-order valence-corrected chi connectivity index (χ3v) is 4.54. The van der Waals surface area contributed by atoms with Gasteiger partial charge < -0.3 is 16.0 Å². The highest BCUT2D eigenvalue weighted by atomic mass is 19.4. The highest BCUT2D eigenvalue weighted by Gasteiger charge is 2.39. The fraction of sp³-hybridized carbons (Fsp3) is 0.200. The average molecular weight is 443 g/mol. The lowest BCUT2D eigenvalue weighted by Crippen LogP contribution is -2.46. The van der Waals surface area contributed by atoms with Crippen molar-refractivity contribution in [1.29, 1.82) is 0 Å². The first-order valence-electron chi connectivity index (χ1n) is 8.81. The summed E-state index contributed by atoms with van der Waals surface area (Å²) in [6, 6.07) is 5.89. The van der Waals surface area contributed by atoms with Gasteiger partial charge in [-0.05, 0) is 36.8 Å². The first kappa shape index (κ1) is 22.2. The average Bonchev–Trinajstić information content (AvgIpc) is 2.66. The maximum absolute atomic E-state index is 13.5. The van der Waals surface area contributed by atoms with Gasteiger partial charge in [-0.15, -0.1) is 0 Å². The summed E-state index contributed by atoms with van der Waals surface area (Å²) in [5, 5.41) is 6.83. The molecule has 1 aliphatic heterocycles. The molecule has 11 heteroatoms. The molecular formula is C20H15F6N3O2. The van der Waals surface area contributed by atoms with E-state index in [1.165, 1.54) is 19.1 Å². The Hall–Kier alpha value is -3.50. The van der Waals surface area contributed by atoms with Gasteiger partial charge in [-0.1, -0.05) is 24.3 Å². The van der Waals surface area contributed by atoms with E-state index in [1.807, 2.05) is 0 Å². The molecule has 0 saturated heterocycles. The van der Waals surface area contributed by atoms with E-state index in [-0.39, 0.29) is 22.5 Å².